The van der Waals surface area contributed by atoms with Crippen molar-refractivity contribution in [3.8, 4) is 0 Å². The molecule has 10 heteroatoms. The number of carbonyl (C=O) groups is 3. The normalized spacial score (nSPS) is 16.0. The summed E-state index contributed by atoms with van der Waals surface area (Å²) in [5, 5.41) is 11.5. The predicted molar refractivity (Wildman–Crippen MR) is 111 cm³/mol. The average molecular weight is 421 g/mol. The number of rotatable bonds is 7. The number of aromatic nitrogens is 5. The number of aldehydes is 1. The number of fused-ring (bicyclic) bond motifs is 1. The molecule has 3 aromatic rings. The SMILES string of the molecule is CN1C(=O)C(NC(=O)c2ncn(Cc3ccccc3)n2)CCn2nc(CCC=O)cc21. The summed E-state index contributed by atoms with van der Waals surface area (Å²) >= 11 is 0. The van der Waals surface area contributed by atoms with Crippen LogP contribution in [-0.2, 0) is 29.1 Å². The quantitative estimate of drug-likeness (QED) is 0.565. The standard InChI is InChI=1S/C21H23N7O3/c1-26-18-12-16(8-5-11-29)24-28(18)10-9-17(21(26)31)23-20(30)19-22-14-27(25-19)13-15-6-3-2-4-7-15/h2-4,6-7,11-12,14,17H,5,8-10,13H2,1H3,(H,23,30). The summed E-state index contributed by atoms with van der Waals surface area (Å²) < 4.78 is 3.32. The largest absolute Gasteiger partial charge is 0.337 e. The first kappa shape index (κ1) is 20.5. The van der Waals surface area contributed by atoms with E-state index < -0.39 is 11.9 Å². The van der Waals surface area contributed by atoms with E-state index >= 15 is 0 Å². The molecule has 1 unspecified atom stereocenters. The molecule has 2 amide bonds. The number of carbonyl (C=O) groups excluding carboxylic acids is 3. The van der Waals surface area contributed by atoms with Crippen LogP contribution in [0.15, 0.2) is 42.7 Å². The van der Waals surface area contributed by atoms with Crippen molar-refractivity contribution >= 4 is 23.9 Å². The van der Waals surface area contributed by atoms with Crippen molar-refractivity contribution in [2.75, 3.05) is 11.9 Å². The fourth-order valence-corrected chi connectivity index (χ4v) is 3.55. The summed E-state index contributed by atoms with van der Waals surface area (Å²) in [6.07, 6.45) is 3.65. The molecule has 4 rings (SSSR count). The molecule has 31 heavy (non-hydrogen) atoms. The average Bonchev–Trinajstić information content (AvgIpc) is 3.39. The monoisotopic (exact) mass is 421 g/mol. The first-order chi connectivity index (χ1) is 15.0. The predicted octanol–water partition coefficient (Wildman–Crippen LogP) is 0.819. The minimum Gasteiger partial charge on any atom is -0.337 e. The maximum Gasteiger partial charge on any atom is 0.291 e. The van der Waals surface area contributed by atoms with Crippen molar-refractivity contribution < 1.29 is 14.4 Å². The van der Waals surface area contributed by atoms with Crippen LogP contribution in [0.3, 0.4) is 0 Å². The van der Waals surface area contributed by atoms with Crippen molar-refractivity contribution in [2.24, 2.45) is 0 Å². The third-order valence-electron chi connectivity index (χ3n) is 5.16. The number of hydrogen-bond donors (Lipinski definition) is 1. The number of likely N-dealkylation sites (N-methyl/N-ethyl adjacent to an activating group) is 1. The van der Waals surface area contributed by atoms with Gasteiger partial charge in [0, 0.05) is 26.1 Å². The first-order valence-corrected chi connectivity index (χ1v) is 10.1. The van der Waals surface area contributed by atoms with Gasteiger partial charge in [0.05, 0.1) is 12.2 Å². The number of nitrogens with one attached hydrogen (secondary N) is 1. The molecule has 0 fully saturated rings. The highest BCUT2D eigenvalue weighted by atomic mass is 16.2. The van der Waals surface area contributed by atoms with Crippen molar-refractivity contribution in [3.63, 3.8) is 0 Å². The maximum atomic E-state index is 12.9. The molecule has 2 aromatic heterocycles. The molecule has 160 valence electrons. The Balaban J connectivity index is 1.41. The van der Waals surface area contributed by atoms with Gasteiger partial charge in [-0.15, -0.1) is 5.10 Å². The molecule has 0 aliphatic carbocycles. The van der Waals surface area contributed by atoms with Crippen LogP contribution in [0.4, 0.5) is 5.82 Å². The van der Waals surface area contributed by atoms with Crippen LogP contribution < -0.4 is 10.2 Å². The van der Waals surface area contributed by atoms with Gasteiger partial charge in [-0.2, -0.15) is 5.10 Å². The molecule has 0 spiro atoms. The van der Waals surface area contributed by atoms with Crippen molar-refractivity contribution in [1.29, 1.82) is 0 Å². The Morgan fingerprint density at radius 3 is 2.84 bits per heavy atom. The van der Waals surface area contributed by atoms with E-state index in [1.165, 1.54) is 11.2 Å². The third-order valence-corrected chi connectivity index (χ3v) is 5.16. The second-order valence-electron chi connectivity index (χ2n) is 7.39. The topological polar surface area (TPSA) is 115 Å². The molecule has 1 atom stereocenters. The van der Waals surface area contributed by atoms with Crippen LogP contribution in [0.1, 0.15) is 34.7 Å². The van der Waals surface area contributed by atoms with Gasteiger partial charge in [0.15, 0.2) is 0 Å². The van der Waals surface area contributed by atoms with E-state index in [1.54, 1.807) is 22.5 Å². The highest BCUT2D eigenvalue weighted by Gasteiger charge is 2.31. The molecular weight excluding hydrogens is 398 g/mol. The zero-order valence-corrected chi connectivity index (χ0v) is 17.1. The minimum absolute atomic E-state index is 0.0181. The van der Waals surface area contributed by atoms with Crippen LogP contribution in [0.5, 0.6) is 0 Å². The second-order valence-corrected chi connectivity index (χ2v) is 7.39. The molecule has 3 heterocycles. The van der Waals surface area contributed by atoms with E-state index in [0.717, 1.165) is 17.5 Å². The smallest absolute Gasteiger partial charge is 0.291 e. The summed E-state index contributed by atoms with van der Waals surface area (Å²) in [6.45, 7) is 0.965. The highest BCUT2D eigenvalue weighted by Crippen LogP contribution is 2.22. The van der Waals surface area contributed by atoms with Crippen LogP contribution in [0.2, 0.25) is 0 Å². The van der Waals surface area contributed by atoms with E-state index in [1.807, 2.05) is 30.3 Å². The maximum absolute atomic E-state index is 12.9. The molecule has 1 aliphatic heterocycles. The number of aryl methyl sites for hydroxylation is 2. The molecule has 10 nitrogen and oxygen atoms in total. The van der Waals surface area contributed by atoms with Gasteiger partial charge in [-0.05, 0) is 18.4 Å². The second kappa shape index (κ2) is 8.90. The molecule has 1 N–H and O–H groups in total. The Kier molecular flexibility index (Phi) is 5.87. The van der Waals surface area contributed by atoms with Crippen LogP contribution in [0, 0.1) is 0 Å². The van der Waals surface area contributed by atoms with Crippen LogP contribution in [-0.4, -0.2) is 55.7 Å². The molecular formula is C21H23N7O3. The van der Waals surface area contributed by atoms with Gasteiger partial charge >= 0.3 is 0 Å². The van der Waals surface area contributed by atoms with Gasteiger partial charge in [-0.1, -0.05) is 30.3 Å². The Hall–Kier alpha value is -3.82. The van der Waals surface area contributed by atoms with Gasteiger partial charge in [0.2, 0.25) is 5.82 Å². The lowest BCUT2D eigenvalue weighted by atomic mass is 10.2. The van der Waals surface area contributed by atoms with Gasteiger partial charge < -0.3 is 10.1 Å². The summed E-state index contributed by atoms with van der Waals surface area (Å²) in [5.74, 6) is -0.0696. The van der Waals surface area contributed by atoms with Crippen molar-refractivity contribution in [1.82, 2.24) is 29.9 Å². The zero-order chi connectivity index (χ0) is 21.8. The summed E-state index contributed by atoms with van der Waals surface area (Å²) in [4.78, 5) is 41.7. The summed E-state index contributed by atoms with van der Waals surface area (Å²) in [6, 6.07) is 10.8. The van der Waals surface area contributed by atoms with Gasteiger partial charge in [0.25, 0.3) is 11.8 Å². The number of amides is 2. The molecule has 0 saturated heterocycles. The van der Waals surface area contributed by atoms with Crippen LogP contribution >= 0.6 is 0 Å². The molecule has 0 saturated carbocycles. The van der Waals surface area contributed by atoms with Crippen molar-refractivity contribution in [3.05, 3.63) is 59.8 Å². The lowest BCUT2D eigenvalue weighted by molar-refractivity contribution is -0.120. The van der Waals surface area contributed by atoms with E-state index in [-0.39, 0.29) is 11.7 Å². The van der Waals surface area contributed by atoms with Gasteiger partial charge in [0.1, 0.15) is 24.5 Å². The van der Waals surface area contributed by atoms with Gasteiger partial charge in [-0.3, -0.25) is 14.5 Å². The minimum atomic E-state index is -0.710. The number of hydrogen-bond acceptors (Lipinski definition) is 6. The highest BCUT2D eigenvalue weighted by molar-refractivity contribution is 6.00. The van der Waals surface area contributed by atoms with E-state index in [4.69, 9.17) is 0 Å². The third kappa shape index (κ3) is 4.52. The number of benzene rings is 1. The first-order valence-electron chi connectivity index (χ1n) is 10.1. The lowest BCUT2D eigenvalue weighted by Gasteiger charge is -2.19. The van der Waals surface area contributed by atoms with E-state index in [0.29, 0.717) is 38.2 Å². The molecule has 1 aliphatic rings. The Bertz CT molecular complexity index is 1090. The van der Waals surface area contributed by atoms with Crippen LogP contribution in [0.25, 0.3) is 0 Å². The Morgan fingerprint density at radius 1 is 1.26 bits per heavy atom. The summed E-state index contributed by atoms with van der Waals surface area (Å²) in [5.41, 5.74) is 1.80. The molecule has 0 radical (unpaired) electrons. The van der Waals surface area contributed by atoms with E-state index in [9.17, 15) is 14.4 Å². The fourth-order valence-electron chi connectivity index (χ4n) is 3.55. The molecule has 0 bridgehead atoms. The summed E-state index contributed by atoms with van der Waals surface area (Å²) in [7, 11) is 1.65. The Morgan fingerprint density at radius 2 is 2.06 bits per heavy atom. The molecule has 1 aromatic carbocycles. The van der Waals surface area contributed by atoms with E-state index in [2.05, 4.69) is 20.5 Å². The zero-order valence-electron chi connectivity index (χ0n) is 17.1. The number of nitrogens with zero attached hydrogens (tertiary/aromatic N) is 6. The number of anilines is 1. The van der Waals surface area contributed by atoms with Crippen molar-refractivity contribution in [2.45, 2.75) is 38.4 Å². The Labute approximate surface area is 178 Å². The fraction of sp³-hybridized carbons (Fsp3) is 0.333. The lowest BCUT2D eigenvalue weighted by Crippen LogP contribution is -2.47. The van der Waals surface area contributed by atoms with Gasteiger partial charge in [-0.25, -0.2) is 14.3 Å².